The fourth-order valence-corrected chi connectivity index (χ4v) is 5.00. The van der Waals surface area contributed by atoms with Crippen molar-refractivity contribution in [2.75, 3.05) is 20.3 Å². The van der Waals surface area contributed by atoms with Crippen molar-refractivity contribution < 1.29 is 34.1 Å². The number of hydrogen-bond acceptors (Lipinski definition) is 7. The summed E-state index contributed by atoms with van der Waals surface area (Å²) in [6, 6.07) is 11.6. The molecule has 0 spiro atoms. The van der Waals surface area contributed by atoms with Gasteiger partial charge in [0.25, 0.3) is 0 Å². The Bertz CT molecular complexity index is 1270. The van der Waals surface area contributed by atoms with Crippen LogP contribution in [-0.4, -0.2) is 71.7 Å². The molecule has 200 valence electrons. The first kappa shape index (κ1) is 27.1. The van der Waals surface area contributed by atoms with Gasteiger partial charge in [-0.05, 0) is 37.6 Å². The van der Waals surface area contributed by atoms with E-state index in [2.05, 4.69) is 5.32 Å². The van der Waals surface area contributed by atoms with E-state index < -0.39 is 30.1 Å². The van der Waals surface area contributed by atoms with E-state index in [0.29, 0.717) is 28.9 Å². The highest BCUT2D eigenvalue weighted by molar-refractivity contribution is 5.97. The number of nitrogens with one attached hydrogen (secondary N) is 1. The van der Waals surface area contributed by atoms with Crippen molar-refractivity contribution >= 4 is 18.1 Å². The minimum atomic E-state index is -1.20. The molecule has 0 radical (unpaired) electrons. The van der Waals surface area contributed by atoms with Crippen LogP contribution in [0.1, 0.15) is 41.3 Å². The molecule has 0 aromatic heterocycles. The van der Waals surface area contributed by atoms with Gasteiger partial charge in [0, 0.05) is 35.9 Å². The molecule has 2 aliphatic rings. The zero-order chi connectivity index (χ0) is 27.4. The second kappa shape index (κ2) is 11.6. The number of fused-ring (bicyclic) bond motifs is 3. The lowest BCUT2D eigenvalue weighted by Crippen LogP contribution is -2.55. The van der Waals surface area contributed by atoms with Crippen LogP contribution in [0.2, 0.25) is 0 Å². The minimum absolute atomic E-state index is 0.0244. The molecule has 1 aliphatic heterocycles. The van der Waals surface area contributed by atoms with Crippen molar-refractivity contribution in [3.63, 3.8) is 0 Å². The fraction of sp³-hybridized carbons (Fsp3) is 0.345. The summed E-state index contributed by atoms with van der Waals surface area (Å²) in [4.78, 5) is 39.9. The maximum atomic E-state index is 13.4. The van der Waals surface area contributed by atoms with Gasteiger partial charge in [0.2, 0.25) is 11.8 Å². The molecule has 2 aromatic rings. The summed E-state index contributed by atoms with van der Waals surface area (Å²) in [6.45, 7) is 3.58. The Balaban J connectivity index is 1.84. The first-order chi connectivity index (χ1) is 18.3. The Labute approximate surface area is 221 Å². The quantitative estimate of drug-likeness (QED) is 0.342. The zero-order valence-electron chi connectivity index (χ0n) is 21.6. The highest BCUT2D eigenvalue weighted by Gasteiger charge is 2.51. The first-order valence-corrected chi connectivity index (χ1v) is 12.4. The van der Waals surface area contributed by atoms with Gasteiger partial charge in [0.1, 0.15) is 18.5 Å². The average Bonchev–Trinajstić information content (AvgIpc) is 3.30. The van der Waals surface area contributed by atoms with Crippen LogP contribution < -0.4 is 14.8 Å². The molecule has 1 heterocycles. The molecule has 9 heteroatoms. The van der Waals surface area contributed by atoms with Crippen LogP contribution in [0.5, 0.6) is 11.5 Å². The Kier molecular flexibility index (Phi) is 8.29. The van der Waals surface area contributed by atoms with Crippen LogP contribution in [0.4, 0.5) is 0 Å². The standard InChI is InChI=1S/C29H32N2O7/c1-17(2)11-24(34)31(15-18-7-5-4-6-8-18)22-14-21(29(36)30-9-10-32)25-20-12-19(16-33)13-23(37-3)27(20)38-28(25)26(22)35/h4-8,11-14,16,22,25-26,28,32,35H,9-10,15H2,1-3H3,(H,30,36)/t22-,25+,26+,28+/m1/s1. The molecule has 0 fully saturated rings. The first-order valence-electron chi connectivity index (χ1n) is 12.4. The Morgan fingerprint density at radius 1 is 1.18 bits per heavy atom. The van der Waals surface area contributed by atoms with Gasteiger partial charge < -0.3 is 29.9 Å². The Morgan fingerprint density at radius 3 is 2.55 bits per heavy atom. The summed E-state index contributed by atoms with van der Waals surface area (Å²) in [5.74, 6) is -0.870. The van der Waals surface area contributed by atoms with E-state index in [9.17, 15) is 24.6 Å². The summed E-state index contributed by atoms with van der Waals surface area (Å²) in [7, 11) is 1.44. The lowest BCUT2D eigenvalue weighted by Gasteiger charge is -2.40. The van der Waals surface area contributed by atoms with E-state index in [1.54, 1.807) is 12.1 Å². The van der Waals surface area contributed by atoms with Gasteiger partial charge in [0.05, 0.1) is 25.7 Å². The number of aliphatic hydroxyl groups excluding tert-OH is 2. The third-order valence-corrected chi connectivity index (χ3v) is 6.66. The third-order valence-electron chi connectivity index (χ3n) is 6.66. The Hall–Kier alpha value is -3.95. The predicted octanol–water partition coefficient (Wildman–Crippen LogP) is 2.13. The van der Waals surface area contributed by atoms with Crippen LogP contribution >= 0.6 is 0 Å². The van der Waals surface area contributed by atoms with Gasteiger partial charge in [0.15, 0.2) is 11.5 Å². The molecular formula is C29H32N2O7. The van der Waals surface area contributed by atoms with Crippen molar-refractivity contribution in [2.45, 2.75) is 44.6 Å². The number of aliphatic hydroxyl groups is 2. The molecule has 4 atom stereocenters. The van der Waals surface area contributed by atoms with Gasteiger partial charge in [-0.2, -0.15) is 0 Å². The van der Waals surface area contributed by atoms with E-state index in [1.165, 1.54) is 24.2 Å². The number of amides is 2. The van der Waals surface area contributed by atoms with Crippen LogP contribution in [-0.2, 0) is 16.1 Å². The minimum Gasteiger partial charge on any atom is -0.493 e. The van der Waals surface area contributed by atoms with Gasteiger partial charge >= 0.3 is 0 Å². The average molecular weight is 521 g/mol. The zero-order valence-corrected chi connectivity index (χ0v) is 21.6. The molecule has 2 aromatic carbocycles. The lowest BCUT2D eigenvalue weighted by atomic mass is 9.77. The maximum absolute atomic E-state index is 13.4. The summed E-state index contributed by atoms with van der Waals surface area (Å²) < 4.78 is 11.7. The van der Waals surface area contributed by atoms with E-state index >= 15 is 0 Å². The van der Waals surface area contributed by atoms with Gasteiger partial charge in [-0.15, -0.1) is 0 Å². The number of nitrogens with zero attached hydrogens (tertiary/aromatic N) is 1. The number of methoxy groups -OCH3 is 1. The van der Waals surface area contributed by atoms with E-state index in [4.69, 9.17) is 9.47 Å². The van der Waals surface area contributed by atoms with Gasteiger partial charge in [-0.3, -0.25) is 14.4 Å². The van der Waals surface area contributed by atoms with Crippen molar-refractivity contribution in [2.24, 2.45) is 0 Å². The highest BCUT2D eigenvalue weighted by atomic mass is 16.5. The number of hydrogen-bond donors (Lipinski definition) is 3. The highest BCUT2D eigenvalue weighted by Crippen LogP contribution is 2.51. The van der Waals surface area contributed by atoms with E-state index in [0.717, 1.165) is 11.1 Å². The van der Waals surface area contributed by atoms with Crippen molar-refractivity contribution in [3.05, 3.63) is 82.5 Å². The second-order valence-electron chi connectivity index (χ2n) is 9.58. The Morgan fingerprint density at radius 2 is 1.92 bits per heavy atom. The molecule has 0 saturated heterocycles. The summed E-state index contributed by atoms with van der Waals surface area (Å²) in [6.07, 6.45) is 1.63. The predicted molar refractivity (Wildman–Crippen MR) is 140 cm³/mol. The summed E-state index contributed by atoms with van der Waals surface area (Å²) >= 11 is 0. The van der Waals surface area contributed by atoms with Crippen LogP contribution in [0.15, 0.2) is 65.8 Å². The molecule has 2 amide bonds. The number of rotatable bonds is 9. The maximum Gasteiger partial charge on any atom is 0.247 e. The number of aldehydes is 1. The molecule has 0 saturated carbocycles. The van der Waals surface area contributed by atoms with Crippen molar-refractivity contribution in [1.29, 1.82) is 0 Å². The molecule has 4 rings (SSSR count). The molecule has 3 N–H and O–H groups in total. The number of allylic oxidation sites excluding steroid dienone is 1. The summed E-state index contributed by atoms with van der Waals surface area (Å²) in [5.41, 5.74) is 2.78. The van der Waals surface area contributed by atoms with E-state index in [1.807, 2.05) is 44.2 Å². The lowest BCUT2D eigenvalue weighted by molar-refractivity contribution is -0.133. The molecule has 0 bridgehead atoms. The molecule has 1 aliphatic carbocycles. The molecule has 38 heavy (non-hydrogen) atoms. The van der Waals surface area contributed by atoms with E-state index in [-0.39, 0.29) is 31.2 Å². The number of ether oxygens (including phenoxy) is 2. The van der Waals surface area contributed by atoms with Crippen molar-refractivity contribution in [3.8, 4) is 11.5 Å². The van der Waals surface area contributed by atoms with Crippen LogP contribution in [0, 0.1) is 0 Å². The normalized spacial score (nSPS) is 21.2. The van der Waals surface area contributed by atoms with Gasteiger partial charge in [-0.25, -0.2) is 0 Å². The van der Waals surface area contributed by atoms with Gasteiger partial charge in [-0.1, -0.05) is 35.9 Å². The fourth-order valence-electron chi connectivity index (χ4n) is 5.00. The third kappa shape index (κ3) is 5.34. The molecular weight excluding hydrogens is 488 g/mol. The smallest absolute Gasteiger partial charge is 0.247 e. The topological polar surface area (TPSA) is 125 Å². The van der Waals surface area contributed by atoms with Crippen LogP contribution in [0.25, 0.3) is 0 Å². The molecule has 0 unspecified atom stereocenters. The largest absolute Gasteiger partial charge is 0.493 e. The monoisotopic (exact) mass is 520 g/mol. The second-order valence-corrected chi connectivity index (χ2v) is 9.58. The number of carbonyl (C=O) groups is 3. The number of carbonyl (C=O) groups excluding carboxylic acids is 3. The van der Waals surface area contributed by atoms with Crippen LogP contribution in [0.3, 0.4) is 0 Å². The SMILES string of the molecule is COc1cc(C=O)cc2c1O[C@@H]1[C@@H](O)[C@H](N(Cc3ccccc3)C(=O)C=C(C)C)C=C(C(=O)NCCO)[C@H]21. The molecule has 9 nitrogen and oxygen atoms in total. The summed E-state index contributed by atoms with van der Waals surface area (Å²) in [5, 5.41) is 23.6. The number of benzene rings is 2. The van der Waals surface area contributed by atoms with Crippen molar-refractivity contribution in [1.82, 2.24) is 10.2 Å².